The first-order valence-electron chi connectivity index (χ1n) is 14.3. The number of hydrogen-bond acceptors (Lipinski definition) is 10. The van der Waals surface area contributed by atoms with Gasteiger partial charge in [-0.25, -0.2) is 21.7 Å². The first-order chi connectivity index (χ1) is 20.6. The Hall–Kier alpha value is -3.26. The molecular formula is C27H30F2N8O4S2. The van der Waals surface area contributed by atoms with Gasteiger partial charge in [-0.3, -0.25) is 4.79 Å². The predicted octanol–water partition coefficient (Wildman–Crippen LogP) is 3.22. The highest BCUT2D eigenvalue weighted by Gasteiger charge is 2.53. The molecule has 0 unspecified atom stereocenters. The standard InChI is InChI=1S/C27H30F2N8O4S2/c1-41-27(7-8-27)25(38)36-11-9-35(10-12-36)19-14-17(43(39,40)34-26(15-30)5-6-26)13-18-20(23-31-32-24(42-23)22(28)29)21(33-37(18)19)16-3-2-4-16/h13-14,16,22,34H,2-12H2,1H3. The van der Waals surface area contributed by atoms with Crippen molar-refractivity contribution in [2.24, 2.45) is 0 Å². The van der Waals surface area contributed by atoms with Crippen LogP contribution in [0.3, 0.4) is 0 Å². The zero-order valence-corrected chi connectivity index (χ0v) is 25.1. The predicted molar refractivity (Wildman–Crippen MR) is 151 cm³/mol. The maximum atomic E-state index is 13.7. The van der Waals surface area contributed by atoms with Gasteiger partial charge in [-0.15, -0.1) is 10.2 Å². The van der Waals surface area contributed by atoms with Crippen LogP contribution < -0.4 is 9.62 Å². The third-order valence-corrected chi connectivity index (χ3v) is 11.5. The van der Waals surface area contributed by atoms with E-state index in [9.17, 15) is 27.3 Å². The average Bonchev–Trinajstić information content (AvgIpc) is 3.84. The average molecular weight is 633 g/mol. The molecule has 4 fully saturated rings. The number of carbonyl (C=O) groups excluding carboxylic acids is 1. The normalized spacial score (nSPS) is 21.2. The summed E-state index contributed by atoms with van der Waals surface area (Å²) in [6.45, 7) is 1.66. The molecule has 16 heteroatoms. The van der Waals surface area contributed by atoms with E-state index in [0.29, 0.717) is 74.5 Å². The number of sulfonamides is 1. The minimum Gasteiger partial charge on any atom is -0.368 e. The highest BCUT2D eigenvalue weighted by Crippen LogP contribution is 2.45. The van der Waals surface area contributed by atoms with Crippen molar-refractivity contribution >= 4 is 38.6 Å². The van der Waals surface area contributed by atoms with Crippen LogP contribution in [0.15, 0.2) is 17.0 Å². The number of methoxy groups -OCH3 is 1. The summed E-state index contributed by atoms with van der Waals surface area (Å²) in [5.74, 6) is 0.530. The Morgan fingerprint density at radius 1 is 1.16 bits per heavy atom. The molecule has 0 aromatic carbocycles. The summed E-state index contributed by atoms with van der Waals surface area (Å²) < 4.78 is 64.1. The van der Waals surface area contributed by atoms with Crippen molar-refractivity contribution in [1.82, 2.24) is 29.4 Å². The molecule has 0 spiro atoms. The van der Waals surface area contributed by atoms with E-state index in [2.05, 4.69) is 21.0 Å². The van der Waals surface area contributed by atoms with E-state index in [0.717, 1.165) is 30.6 Å². The fourth-order valence-electron chi connectivity index (χ4n) is 5.84. The van der Waals surface area contributed by atoms with E-state index in [-0.39, 0.29) is 21.7 Å². The number of alkyl halides is 2. The van der Waals surface area contributed by atoms with Crippen LogP contribution in [0.25, 0.3) is 16.1 Å². The Balaban J connectivity index is 1.33. The van der Waals surface area contributed by atoms with Crippen LogP contribution in [-0.2, 0) is 19.6 Å². The number of nitrogens with zero attached hydrogens (tertiary/aromatic N) is 7. The van der Waals surface area contributed by atoms with Crippen LogP contribution >= 0.6 is 11.3 Å². The fourth-order valence-corrected chi connectivity index (χ4v) is 8.01. The molecule has 3 aromatic heterocycles. The molecule has 1 aliphatic heterocycles. The van der Waals surface area contributed by atoms with Gasteiger partial charge in [-0.1, -0.05) is 17.8 Å². The Bertz CT molecular complexity index is 1750. The maximum Gasteiger partial charge on any atom is 0.291 e. The monoisotopic (exact) mass is 632 g/mol. The van der Waals surface area contributed by atoms with E-state index < -0.39 is 32.6 Å². The van der Waals surface area contributed by atoms with Gasteiger partial charge in [0.05, 0.1) is 27.7 Å². The summed E-state index contributed by atoms with van der Waals surface area (Å²) in [5.41, 5.74) is -0.288. The van der Waals surface area contributed by atoms with Gasteiger partial charge in [-0.2, -0.15) is 15.1 Å². The second-order valence-electron chi connectivity index (χ2n) is 11.8. The number of piperazine rings is 1. The molecule has 228 valence electrons. The number of halogens is 2. The maximum absolute atomic E-state index is 13.7. The van der Waals surface area contributed by atoms with Crippen molar-refractivity contribution in [3.05, 3.63) is 22.8 Å². The summed E-state index contributed by atoms with van der Waals surface area (Å²) in [6, 6.07) is 5.07. The molecular weight excluding hydrogens is 602 g/mol. The van der Waals surface area contributed by atoms with Gasteiger partial charge < -0.3 is 14.5 Å². The van der Waals surface area contributed by atoms with Gasteiger partial charge in [0.15, 0.2) is 10.0 Å². The van der Waals surface area contributed by atoms with Crippen molar-refractivity contribution in [3.63, 3.8) is 0 Å². The van der Waals surface area contributed by atoms with Crippen LogP contribution in [0.2, 0.25) is 0 Å². The Morgan fingerprint density at radius 2 is 1.88 bits per heavy atom. The van der Waals surface area contributed by atoms with E-state index >= 15 is 0 Å². The third-order valence-electron chi connectivity index (χ3n) is 9.03. The smallest absolute Gasteiger partial charge is 0.291 e. The van der Waals surface area contributed by atoms with Gasteiger partial charge in [-0.05, 0) is 44.6 Å². The van der Waals surface area contributed by atoms with E-state index in [1.165, 1.54) is 12.1 Å². The number of nitrogens with one attached hydrogen (secondary N) is 1. The third kappa shape index (κ3) is 4.86. The molecule has 1 N–H and O–H groups in total. The zero-order valence-electron chi connectivity index (χ0n) is 23.4. The molecule has 0 atom stereocenters. The zero-order chi connectivity index (χ0) is 30.1. The fraction of sp³-hybridized carbons (Fsp3) is 0.593. The van der Waals surface area contributed by atoms with E-state index in [1.54, 1.807) is 16.5 Å². The number of hydrogen-bond donors (Lipinski definition) is 1. The van der Waals surface area contributed by atoms with Gasteiger partial charge >= 0.3 is 0 Å². The van der Waals surface area contributed by atoms with Crippen LogP contribution in [0.5, 0.6) is 0 Å². The minimum absolute atomic E-state index is 0.0358. The molecule has 4 heterocycles. The van der Waals surface area contributed by atoms with E-state index in [4.69, 9.17) is 9.84 Å². The van der Waals surface area contributed by atoms with Gasteiger partial charge in [0.1, 0.15) is 17.0 Å². The lowest BCUT2D eigenvalue weighted by Crippen LogP contribution is -2.53. The molecule has 0 bridgehead atoms. The summed E-state index contributed by atoms with van der Waals surface area (Å²) in [4.78, 5) is 16.8. The van der Waals surface area contributed by atoms with Crippen molar-refractivity contribution in [3.8, 4) is 16.6 Å². The first kappa shape index (κ1) is 28.5. The summed E-state index contributed by atoms with van der Waals surface area (Å²) in [7, 11) is -2.59. The molecule has 0 radical (unpaired) electrons. The highest BCUT2D eigenvalue weighted by molar-refractivity contribution is 7.89. The van der Waals surface area contributed by atoms with Gasteiger partial charge in [0.25, 0.3) is 12.3 Å². The Kier molecular flexibility index (Phi) is 6.73. The molecule has 43 heavy (non-hydrogen) atoms. The number of anilines is 1. The number of fused-ring (bicyclic) bond motifs is 1. The molecule has 3 saturated carbocycles. The number of amides is 1. The molecule has 1 amide bonds. The molecule has 12 nitrogen and oxygen atoms in total. The first-order valence-corrected chi connectivity index (χ1v) is 16.6. The van der Waals surface area contributed by atoms with Crippen molar-refractivity contribution in [1.29, 1.82) is 5.26 Å². The van der Waals surface area contributed by atoms with Crippen LogP contribution in [0.4, 0.5) is 14.6 Å². The lowest BCUT2D eigenvalue weighted by Gasteiger charge is -2.37. The number of ether oxygens (including phenoxy) is 1. The van der Waals surface area contributed by atoms with Crippen molar-refractivity contribution < 1.29 is 26.7 Å². The number of carbonyl (C=O) groups is 1. The SMILES string of the molecule is COC1(C(=O)N2CCN(c3cc(S(=O)(=O)NC4(C#N)CC4)cc4c(-c5nnc(C(F)F)s5)c(C5CCC5)nn34)CC2)CC1. The number of rotatable bonds is 9. The van der Waals surface area contributed by atoms with Crippen molar-refractivity contribution in [2.45, 2.75) is 73.3 Å². The summed E-state index contributed by atoms with van der Waals surface area (Å²) >= 11 is 0.769. The summed E-state index contributed by atoms with van der Waals surface area (Å²) in [6.07, 6.45) is 2.17. The van der Waals surface area contributed by atoms with Crippen LogP contribution in [0, 0.1) is 11.3 Å². The second kappa shape index (κ2) is 10.1. The van der Waals surface area contributed by atoms with Crippen molar-refractivity contribution in [2.75, 3.05) is 38.2 Å². The lowest BCUT2D eigenvalue weighted by molar-refractivity contribution is -0.144. The molecule has 1 saturated heterocycles. The molecule has 3 aliphatic carbocycles. The largest absolute Gasteiger partial charge is 0.368 e. The number of aromatic nitrogens is 4. The molecule has 7 rings (SSSR count). The molecule has 3 aromatic rings. The number of nitriles is 1. The molecule has 4 aliphatic rings. The number of pyridine rings is 1. The Morgan fingerprint density at radius 3 is 2.42 bits per heavy atom. The van der Waals surface area contributed by atoms with Gasteiger partial charge in [0.2, 0.25) is 10.0 Å². The summed E-state index contributed by atoms with van der Waals surface area (Å²) in [5, 5.41) is 22.1. The second-order valence-corrected chi connectivity index (χ2v) is 14.4. The highest BCUT2D eigenvalue weighted by atomic mass is 32.2. The quantitative estimate of drug-likeness (QED) is 0.376. The topological polar surface area (TPSA) is 146 Å². The van der Waals surface area contributed by atoms with Crippen LogP contribution in [-0.4, -0.2) is 83.5 Å². The van der Waals surface area contributed by atoms with Crippen LogP contribution in [0.1, 0.15) is 68.0 Å². The minimum atomic E-state index is -4.14. The lowest BCUT2D eigenvalue weighted by atomic mass is 9.81. The van der Waals surface area contributed by atoms with Gasteiger partial charge in [0, 0.05) is 45.3 Å². The Labute approximate surface area is 250 Å². The van der Waals surface area contributed by atoms with E-state index in [1.807, 2.05) is 4.90 Å².